The molecule has 0 fully saturated rings. The number of pyridine rings is 1. The third-order valence-corrected chi connectivity index (χ3v) is 3.52. The minimum Gasteiger partial charge on any atom is -0.497 e. The molecule has 0 atom stereocenters. The Morgan fingerprint density at radius 3 is 2.70 bits per heavy atom. The molecule has 1 N–H and O–H groups in total. The van der Waals surface area contributed by atoms with Crippen molar-refractivity contribution < 1.29 is 14.6 Å². The summed E-state index contributed by atoms with van der Waals surface area (Å²) in [7, 11) is 1.63. The molecule has 0 radical (unpaired) electrons. The van der Waals surface area contributed by atoms with Gasteiger partial charge in [0, 0.05) is 5.39 Å². The number of methoxy groups -OCH3 is 1. The lowest BCUT2D eigenvalue weighted by atomic mass is 10.1. The molecule has 4 heteroatoms. The summed E-state index contributed by atoms with van der Waals surface area (Å²) >= 11 is 0. The fourth-order valence-electron chi connectivity index (χ4n) is 2.38. The van der Waals surface area contributed by atoms with Gasteiger partial charge in [0.05, 0.1) is 23.9 Å². The molecule has 0 saturated carbocycles. The van der Waals surface area contributed by atoms with Gasteiger partial charge in [-0.3, -0.25) is 0 Å². The van der Waals surface area contributed by atoms with Gasteiger partial charge < -0.3 is 9.84 Å². The van der Waals surface area contributed by atoms with E-state index < -0.39 is 5.97 Å². The van der Waals surface area contributed by atoms with E-state index >= 15 is 0 Å². The Bertz CT molecular complexity index is 900. The number of carbonyl (C=O) groups is 1. The first-order valence-electron chi connectivity index (χ1n) is 7.12. The molecular formula is C19H15NO3. The quantitative estimate of drug-likeness (QED) is 0.788. The summed E-state index contributed by atoms with van der Waals surface area (Å²) in [5.74, 6) is -0.151. The highest BCUT2D eigenvalue weighted by Gasteiger charge is 2.08. The van der Waals surface area contributed by atoms with E-state index in [-0.39, 0.29) is 5.56 Å². The number of nitrogens with zero attached hydrogens (tertiary/aromatic N) is 1. The molecule has 4 nitrogen and oxygen atoms in total. The molecule has 2 aromatic carbocycles. The Labute approximate surface area is 133 Å². The molecule has 114 valence electrons. The Balaban J connectivity index is 1.94. The van der Waals surface area contributed by atoms with Crippen LogP contribution in [-0.2, 0) is 0 Å². The number of ether oxygens (including phenoxy) is 1. The topological polar surface area (TPSA) is 59.4 Å². The predicted octanol–water partition coefficient (Wildman–Crippen LogP) is 4.11. The second kappa shape index (κ2) is 6.32. The van der Waals surface area contributed by atoms with Crippen LogP contribution in [0.3, 0.4) is 0 Å². The van der Waals surface area contributed by atoms with Crippen LogP contribution in [0, 0.1) is 0 Å². The van der Waals surface area contributed by atoms with E-state index in [2.05, 4.69) is 4.98 Å². The molecule has 1 aromatic heterocycles. The lowest BCUT2D eigenvalue weighted by Gasteiger charge is -2.03. The van der Waals surface area contributed by atoms with Crippen LogP contribution in [0.4, 0.5) is 0 Å². The summed E-state index contributed by atoms with van der Waals surface area (Å²) in [6, 6.07) is 16.4. The monoisotopic (exact) mass is 305 g/mol. The third-order valence-electron chi connectivity index (χ3n) is 3.52. The summed E-state index contributed by atoms with van der Waals surface area (Å²) in [6.45, 7) is 0. The molecule has 0 spiro atoms. The second-order valence-electron chi connectivity index (χ2n) is 5.02. The van der Waals surface area contributed by atoms with Crippen molar-refractivity contribution in [3.63, 3.8) is 0 Å². The van der Waals surface area contributed by atoms with Gasteiger partial charge in [-0.25, -0.2) is 9.78 Å². The van der Waals surface area contributed by atoms with E-state index in [0.29, 0.717) is 10.9 Å². The zero-order valence-electron chi connectivity index (χ0n) is 12.6. The smallest absolute Gasteiger partial charge is 0.336 e. The number of hydrogen-bond donors (Lipinski definition) is 1. The van der Waals surface area contributed by atoms with Crippen molar-refractivity contribution in [1.29, 1.82) is 0 Å². The van der Waals surface area contributed by atoms with Gasteiger partial charge in [-0.15, -0.1) is 0 Å². The van der Waals surface area contributed by atoms with Crippen molar-refractivity contribution in [2.45, 2.75) is 0 Å². The molecule has 0 saturated heterocycles. The van der Waals surface area contributed by atoms with Crippen LogP contribution >= 0.6 is 0 Å². The van der Waals surface area contributed by atoms with E-state index in [4.69, 9.17) is 4.74 Å². The maximum Gasteiger partial charge on any atom is 0.336 e. The number of carboxylic acid groups (broad SMARTS) is 1. The number of hydrogen-bond acceptors (Lipinski definition) is 3. The molecule has 0 bridgehead atoms. The number of carboxylic acids is 1. The largest absolute Gasteiger partial charge is 0.497 e. The number of benzene rings is 2. The zero-order chi connectivity index (χ0) is 16.2. The van der Waals surface area contributed by atoms with Crippen molar-refractivity contribution in [3.05, 3.63) is 71.4 Å². The SMILES string of the molecule is COc1cccc(C=Cc2ccc3c(C(=O)O)cccc3n2)c1. The predicted molar refractivity (Wildman–Crippen MR) is 90.6 cm³/mol. The fraction of sp³-hybridized carbons (Fsp3) is 0.0526. The van der Waals surface area contributed by atoms with E-state index in [1.165, 1.54) is 0 Å². The first kappa shape index (κ1) is 14.8. The number of fused-ring (bicyclic) bond motifs is 1. The molecule has 0 unspecified atom stereocenters. The van der Waals surface area contributed by atoms with Gasteiger partial charge in [-0.2, -0.15) is 0 Å². The first-order valence-corrected chi connectivity index (χ1v) is 7.12. The zero-order valence-corrected chi connectivity index (χ0v) is 12.6. The maximum atomic E-state index is 11.2. The van der Waals surface area contributed by atoms with Gasteiger partial charge in [0.1, 0.15) is 5.75 Å². The number of rotatable bonds is 4. The minimum absolute atomic E-state index is 0.262. The molecule has 3 rings (SSSR count). The maximum absolute atomic E-state index is 11.2. The van der Waals surface area contributed by atoms with Gasteiger partial charge in [-0.1, -0.05) is 24.3 Å². The molecular weight excluding hydrogens is 290 g/mol. The number of aromatic nitrogens is 1. The Morgan fingerprint density at radius 2 is 1.91 bits per heavy atom. The summed E-state index contributed by atoms with van der Waals surface area (Å²) < 4.78 is 5.20. The van der Waals surface area contributed by atoms with E-state index in [0.717, 1.165) is 17.0 Å². The van der Waals surface area contributed by atoms with Crippen LogP contribution in [0.25, 0.3) is 23.1 Å². The average Bonchev–Trinajstić information content (AvgIpc) is 2.59. The molecule has 0 aliphatic heterocycles. The average molecular weight is 305 g/mol. The van der Waals surface area contributed by atoms with Crippen molar-refractivity contribution in [2.24, 2.45) is 0 Å². The highest BCUT2D eigenvalue weighted by molar-refractivity contribution is 6.02. The Kier molecular flexibility index (Phi) is 4.06. The molecule has 0 amide bonds. The lowest BCUT2D eigenvalue weighted by molar-refractivity contribution is 0.0699. The van der Waals surface area contributed by atoms with Crippen LogP contribution in [0.5, 0.6) is 5.75 Å². The Morgan fingerprint density at radius 1 is 1.09 bits per heavy atom. The fourth-order valence-corrected chi connectivity index (χ4v) is 2.38. The van der Waals surface area contributed by atoms with Crippen molar-refractivity contribution in [3.8, 4) is 5.75 Å². The molecule has 3 aromatic rings. The lowest BCUT2D eigenvalue weighted by Crippen LogP contribution is -1.98. The van der Waals surface area contributed by atoms with Crippen LogP contribution in [0.1, 0.15) is 21.6 Å². The van der Waals surface area contributed by atoms with E-state index in [1.807, 2.05) is 48.6 Å². The van der Waals surface area contributed by atoms with Crippen molar-refractivity contribution in [2.75, 3.05) is 7.11 Å². The molecule has 1 heterocycles. The standard InChI is InChI=1S/C19H15NO3/c1-23-15-5-2-4-13(12-15)8-9-14-10-11-16-17(19(21)22)6-3-7-18(16)20-14/h2-12H,1H3,(H,21,22). The van der Waals surface area contributed by atoms with Gasteiger partial charge in [-0.05, 0) is 48.0 Å². The minimum atomic E-state index is -0.947. The van der Waals surface area contributed by atoms with Crippen LogP contribution in [0.2, 0.25) is 0 Å². The summed E-state index contributed by atoms with van der Waals surface area (Å²) in [4.78, 5) is 15.7. The Hall–Kier alpha value is -3.14. The highest BCUT2D eigenvalue weighted by Crippen LogP contribution is 2.19. The first-order chi connectivity index (χ1) is 11.2. The normalized spacial score (nSPS) is 11.0. The van der Waals surface area contributed by atoms with Gasteiger partial charge >= 0.3 is 5.97 Å². The highest BCUT2D eigenvalue weighted by atomic mass is 16.5. The summed E-state index contributed by atoms with van der Waals surface area (Å²) in [5.41, 5.74) is 2.70. The van der Waals surface area contributed by atoms with Crippen LogP contribution in [0.15, 0.2) is 54.6 Å². The summed E-state index contributed by atoms with van der Waals surface area (Å²) in [6.07, 6.45) is 3.83. The number of aromatic carboxylic acids is 1. The van der Waals surface area contributed by atoms with E-state index in [9.17, 15) is 9.90 Å². The van der Waals surface area contributed by atoms with Crippen molar-refractivity contribution in [1.82, 2.24) is 4.98 Å². The molecule has 23 heavy (non-hydrogen) atoms. The van der Waals surface area contributed by atoms with Crippen molar-refractivity contribution >= 4 is 29.0 Å². The summed E-state index contributed by atoms with van der Waals surface area (Å²) in [5, 5.41) is 9.84. The molecule has 0 aliphatic carbocycles. The van der Waals surface area contributed by atoms with E-state index in [1.54, 1.807) is 25.3 Å². The molecule has 0 aliphatic rings. The third kappa shape index (κ3) is 3.21. The van der Waals surface area contributed by atoms with Crippen LogP contribution in [-0.4, -0.2) is 23.2 Å². The van der Waals surface area contributed by atoms with Gasteiger partial charge in [0.25, 0.3) is 0 Å². The second-order valence-corrected chi connectivity index (χ2v) is 5.02. The van der Waals surface area contributed by atoms with Crippen LogP contribution < -0.4 is 4.74 Å². The van der Waals surface area contributed by atoms with Gasteiger partial charge in [0.2, 0.25) is 0 Å². The van der Waals surface area contributed by atoms with Gasteiger partial charge in [0.15, 0.2) is 0 Å².